The van der Waals surface area contributed by atoms with Gasteiger partial charge in [-0.1, -0.05) is 22.9 Å². The maximum Gasteiger partial charge on any atom is 0.304 e. The lowest BCUT2D eigenvalue weighted by Crippen LogP contribution is -2.21. The van der Waals surface area contributed by atoms with Gasteiger partial charge >= 0.3 is 5.69 Å². The van der Waals surface area contributed by atoms with E-state index in [-0.39, 0.29) is 15.8 Å². The number of anilines is 1. The van der Waals surface area contributed by atoms with Gasteiger partial charge in [0.1, 0.15) is 4.21 Å². The molecule has 0 saturated carbocycles. The second-order valence-corrected chi connectivity index (χ2v) is 8.48. The Morgan fingerprint density at radius 1 is 1.40 bits per heavy atom. The van der Waals surface area contributed by atoms with E-state index in [9.17, 15) is 18.5 Å². The Hall–Kier alpha value is -1.20. The zero-order valence-electron chi connectivity index (χ0n) is 9.70. The molecule has 0 saturated heterocycles. The van der Waals surface area contributed by atoms with Gasteiger partial charge in [0, 0.05) is 17.5 Å². The summed E-state index contributed by atoms with van der Waals surface area (Å²) in [6, 6.07) is 4.30. The van der Waals surface area contributed by atoms with Crippen LogP contribution in [0.3, 0.4) is 0 Å². The van der Waals surface area contributed by atoms with Crippen molar-refractivity contribution in [2.75, 3.05) is 5.73 Å². The van der Waals surface area contributed by atoms with Crippen molar-refractivity contribution in [1.82, 2.24) is 4.72 Å². The first-order valence-electron chi connectivity index (χ1n) is 5.07. The molecule has 2 aromatic heterocycles. The fourth-order valence-electron chi connectivity index (χ4n) is 1.33. The summed E-state index contributed by atoms with van der Waals surface area (Å²) in [6.45, 7) is 0.0608. The minimum Gasteiger partial charge on any atom is -0.385 e. The highest BCUT2D eigenvalue weighted by Crippen LogP contribution is 2.34. The van der Waals surface area contributed by atoms with Crippen molar-refractivity contribution in [1.29, 1.82) is 0 Å². The smallest absolute Gasteiger partial charge is 0.304 e. The van der Waals surface area contributed by atoms with E-state index < -0.39 is 20.6 Å². The Bertz CT molecular complexity index is 752. The lowest BCUT2D eigenvalue weighted by Gasteiger charge is -2.01. The van der Waals surface area contributed by atoms with Crippen LogP contribution in [0.1, 0.15) is 4.88 Å². The maximum atomic E-state index is 12.0. The predicted molar refractivity (Wildman–Crippen MR) is 78.7 cm³/mol. The Labute approximate surface area is 127 Å². The van der Waals surface area contributed by atoms with Crippen LogP contribution in [-0.4, -0.2) is 13.3 Å². The number of rotatable bonds is 5. The van der Waals surface area contributed by atoms with Crippen LogP contribution >= 0.6 is 34.3 Å². The number of nitro groups is 1. The Morgan fingerprint density at radius 3 is 2.60 bits per heavy atom. The molecule has 0 fully saturated rings. The molecule has 2 heterocycles. The minimum atomic E-state index is -3.84. The number of thiophene rings is 2. The topological polar surface area (TPSA) is 115 Å². The third-order valence-corrected chi connectivity index (χ3v) is 6.30. The Morgan fingerprint density at radius 2 is 2.10 bits per heavy atom. The molecule has 0 spiro atoms. The molecule has 2 aromatic rings. The number of hydrogen-bond donors (Lipinski definition) is 2. The largest absolute Gasteiger partial charge is 0.385 e. The van der Waals surface area contributed by atoms with Crippen LogP contribution < -0.4 is 10.5 Å². The van der Waals surface area contributed by atoms with E-state index in [0.717, 1.165) is 10.9 Å². The highest BCUT2D eigenvalue weighted by atomic mass is 35.5. The van der Waals surface area contributed by atoms with Crippen LogP contribution in [-0.2, 0) is 16.6 Å². The summed E-state index contributed by atoms with van der Waals surface area (Å²) in [5.74, 6) is 0. The third-order valence-electron chi connectivity index (χ3n) is 2.24. The summed E-state index contributed by atoms with van der Waals surface area (Å²) in [5.41, 5.74) is 5.01. The zero-order valence-corrected chi connectivity index (χ0v) is 12.9. The Balaban J connectivity index is 2.18. The summed E-state index contributed by atoms with van der Waals surface area (Å²) < 4.78 is 26.7. The van der Waals surface area contributed by atoms with E-state index in [1.54, 1.807) is 12.1 Å². The van der Waals surface area contributed by atoms with Crippen molar-refractivity contribution in [2.45, 2.75) is 10.8 Å². The minimum absolute atomic E-state index is 0.0608. The third kappa shape index (κ3) is 3.27. The van der Waals surface area contributed by atoms with Gasteiger partial charge in [0.2, 0.25) is 0 Å². The number of sulfonamides is 1. The van der Waals surface area contributed by atoms with Crippen LogP contribution in [0, 0.1) is 10.1 Å². The molecule has 11 heteroatoms. The fourth-order valence-corrected chi connectivity index (χ4v) is 4.72. The van der Waals surface area contributed by atoms with E-state index in [0.29, 0.717) is 15.7 Å². The van der Waals surface area contributed by atoms with Crippen LogP contribution in [0.4, 0.5) is 10.7 Å². The predicted octanol–water partition coefficient (Wildman–Crippen LogP) is 2.43. The van der Waals surface area contributed by atoms with Gasteiger partial charge in [-0.25, -0.2) is 13.1 Å². The van der Waals surface area contributed by atoms with Crippen LogP contribution in [0.25, 0.3) is 0 Å². The van der Waals surface area contributed by atoms with Gasteiger partial charge in [-0.15, -0.1) is 11.3 Å². The van der Waals surface area contributed by atoms with Gasteiger partial charge in [-0.05, 0) is 12.1 Å². The normalized spacial score (nSPS) is 11.7. The van der Waals surface area contributed by atoms with Crippen molar-refractivity contribution in [3.8, 4) is 0 Å². The number of hydrogen-bond acceptors (Lipinski definition) is 7. The lowest BCUT2D eigenvalue weighted by molar-refractivity contribution is -0.383. The van der Waals surface area contributed by atoms with Crippen molar-refractivity contribution in [3.63, 3.8) is 0 Å². The van der Waals surface area contributed by atoms with E-state index in [1.807, 2.05) is 0 Å². The lowest BCUT2D eigenvalue weighted by atomic mass is 10.5. The van der Waals surface area contributed by atoms with Crippen LogP contribution in [0.2, 0.25) is 4.34 Å². The average Bonchev–Trinajstić information content (AvgIpc) is 2.93. The van der Waals surface area contributed by atoms with Crippen LogP contribution in [0.5, 0.6) is 0 Å². The maximum absolute atomic E-state index is 12.0. The molecule has 0 radical (unpaired) electrons. The molecule has 0 atom stereocenters. The van der Waals surface area contributed by atoms with Crippen molar-refractivity contribution >= 4 is 55.0 Å². The first-order chi connectivity index (χ1) is 9.29. The summed E-state index contributed by atoms with van der Waals surface area (Å²) in [7, 11) is -3.84. The Kier molecular flexibility index (Phi) is 4.30. The molecule has 0 aliphatic carbocycles. The highest BCUT2D eigenvalue weighted by Gasteiger charge is 2.24. The molecule has 20 heavy (non-hydrogen) atoms. The molecular formula is C9H8ClN3O4S3. The van der Waals surface area contributed by atoms with E-state index in [2.05, 4.69) is 4.72 Å². The average molecular weight is 354 g/mol. The summed E-state index contributed by atoms with van der Waals surface area (Å²) in [6.07, 6.45) is 0. The number of nitrogens with two attached hydrogens (primary N) is 1. The number of nitrogens with one attached hydrogen (secondary N) is 1. The summed E-state index contributed by atoms with van der Waals surface area (Å²) >= 11 is 7.64. The van der Waals surface area contributed by atoms with Crippen molar-refractivity contribution < 1.29 is 13.3 Å². The molecule has 0 amide bonds. The van der Waals surface area contributed by atoms with Gasteiger partial charge < -0.3 is 5.73 Å². The highest BCUT2D eigenvalue weighted by molar-refractivity contribution is 7.91. The van der Waals surface area contributed by atoms with Gasteiger partial charge in [0.25, 0.3) is 10.0 Å². The first-order valence-corrected chi connectivity index (χ1v) is 8.56. The second-order valence-electron chi connectivity index (χ2n) is 3.60. The second kappa shape index (κ2) is 5.66. The SMILES string of the molecule is Nc1sc(S(=O)(=O)NCc2ccc(Cl)s2)cc1[N+](=O)[O-]. The molecule has 0 bridgehead atoms. The molecule has 3 N–H and O–H groups in total. The summed E-state index contributed by atoms with van der Waals surface area (Å²) in [4.78, 5) is 10.7. The van der Waals surface area contributed by atoms with Gasteiger partial charge in [0.05, 0.1) is 9.26 Å². The number of nitrogens with zero attached hydrogens (tertiary/aromatic N) is 1. The van der Waals surface area contributed by atoms with E-state index >= 15 is 0 Å². The molecule has 0 aliphatic heterocycles. The molecule has 108 valence electrons. The molecule has 7 nitrogen and oxygen atoms in total. The van der Waals surface area contributed by atoms with E-state index in [1.165, 1.54) is 11.3 Å². The molecule has 2 rings (SSSR count). The molecule has 0 unspecified atom stereocenters. The van der Waals surface area contributed by atoms with Crippen molar-refractivity contribution in [3.05, 3.63) is 37.5 Å². The van der Waals surface area contributed by atoms with Gasteiger partial charge in [0.15, 0.2) is 5.00 Å². The van der Waals surface area contributed by atoms with Gasteiger partial charge in [-0.3, -0.25) is 10.1 Å². The summed E-state index contributed by atoms with van der Waals surface area (Å²) in [5, 5.41) is 10.5. The van der Waals surface area contributed by atoms with Gasteiger partial charge in [-0.2, -0.15) is 0 Å². The fraction of sp³-hybridized carbons (Fsp3) is 0.111. The molecule has 0 aliphatic rings. The number of halogens is 1. The molecule has 0 aromatic carbocycles. The number of nitrogen functional groups attached to an aromatic ring is 1. The van der Waals surface area contributed by atoms with Crippen LogP contribution in [0.15, 0.2) is 22.4 Å². The quantitative estimate of drug-likeness (QED) is 0.632. The van der Waals surface area contributed by atoms with Crippen molar-refractivity contribution in [2.24, 2.45) is 0 Å². The standard InChI is InChI=1S/C9H8ClN3O4S3/c10-7-2-1-5(18-7)4-12-20(16,17)8-3-6(13(14)15)9(11)19-8/h1-3,12H,4,11H2. The zero-order chi connectivity index (χ0) is 14.9. The monoisotopic (exact) mass is 353 g/mol. The first kappa shape index (κ1) is 15.2. The van der Waals surface area contributed by atoms with E-state index in [4.69, 9.17) is 17.3 Å². The molecular weight excluding hydrogens is 346 g/mol.